The van der Waals surface area contributed by atoms with Gasteiger partial charge in [0.15, 0.2) is 0 Å². The van der Waals surface area contributed by atoms with Gasteiger partial charge in [0.2, 0.25) is 0 Å². The van der Waals surface area contributed by atoms with Crippen molar-refractivity contribution >= 4 is 23.8 Å². The number of rotatable bonds is 3. The van der Waals surface area contributed by atoms with Crippen molar-refractivity contribution in [1.82, 2.24) is 4.98 Å². The van der Waals surface area contributed by atoms with Gasteiger partial charge in [-0.3, -0.25) is 0 Å². The summed E-state index contributed by atoms with van der Waals surface area (Å²) < 4.78 is 0. The minimum absolute atomic E-state index is 0.962. The van der Waals surface area contributed by atoms with E-state index >= 15 is 0 Å². The fourth-order valence-electron chi connectivity index (χ4n) is 1.69. The van der Waals surface area contributed by atoms with Crippen LogP contribution in [0, 0.1) is 0 Å². The summed E-state index contributed by atoms with van der Waals surface area (Å²) in [6.45, 7) is 5.79. The molecule has 1 aliphatic heterocycles. The molecule has 1 aromatic rings. The molecule has 0 amide bonds. The van der Waals surface area contributed by atoms with Gasteiger partial charge < -0.3 is 4.90 Å². The Bertz CT molecular complexity index is 491. The molecule has 88 valence electrons. The highest BCUT2D eigenvalue weighted by Gasteiger charge is 2.22. The summed E-state index contributed by atoms with van der Waals surface area (Å²) >= 11 is 1.75. The summed E-state index contributed by atoms with van der Waals surface area (Å²) in [6.07, 6.45) is 6.18. The van der Waals surface area contributed by atoms with E-state index in [-0.39, 0.29) is 0 Å². The molecule has 17 heavy (non-hydrogen) atoms. The van der Waals surface area contributed by atoms with E-state index in [1.807, 2.05) is 24.2 Å². The van der Waals surface area contributed by atoms with E-state index in [0.29, 0.717) is 0 Å². The molecule has 0 radical (unpaired) electrons. The number of pyridine rings is 1. The van der Waals surface area contributed by atoms with Crippen molar-refractivity contribution in [2.45, 2.75) is 18.2 Å². The fraction of sp³-hybridized carbons (Fsp3) is 0.231. The third-order valence-electron chi connectivity index (χ3n) is 2.49. The predicted molar refractivity (Wildman–Crippen MR) is 74.5 cm³/mol. The van der Waals surface area contributed by atoms with Crippen LogP contribution in [0.5, 0.6) is 0 Å². The van der Waals surface area contributed by atoms with Crippen molar-refractivity contribution in [3.63, 3.8) is 0 Å². The molecule has 0 saturated carbocycles. The number of nitrogens with zero attached hydrogens (tertiary/aromatic N) is 3. The van der Waals surface area contributed by atoms with Crippen molar-refractivity contribution in [2.24, 2.45) is 4.99 Å². The molecule has 0 aliphatic carbocycles. The van der Waals surface area contributed by atoms with Crippen LogP contribution in [-0.2, 0) is 0 Å². The van der Waals surface area contributed by atoms with Gasteiger partial charge in [-0.05, 0) is 18.6 Å². The Labute approximate surface area is 106 Å². The predicted octanol–water partition coefficient (Wildman–Crippen LogP) is 3.46. The fourth-order valence-corrected chi connectivity index (χ4v) is 2.81. The molecule has 2 heterocycles. The van der Waals surface area contributed by atoms with Crippen LogP contribution in [-0.4, -0.2) is 18.2 Å². The number of aromatic nitrogens is 1. The average Bonchev–Trinajstić information content (AvgIpc) is 2.37. The molecule has 3 nitrogen and oxygen atoms in total. The van der Waals surface area contributed by atoms with Crippen LogP contribution in [0.15, 0.2) is 51.6 Å². The topological polar surface area (TPSA) is 28.5 Å². The Balaban J connectivity index is 2.46. The zero-order chi connectivity index (χ0) is 12.3. The lowest BCUT2D eigenvalue weighted by atomic mass is 10.3. The van der Waals surface area contributed by atoms with Gasteiger partial charge >= 0.3 is 0 Å². The molecule has 2 rings (SSSR count). The normalized spacial score (nSPS) is 15.3. The van der Waals surface area contributed by atoms with Gasteiger partial charge in [-0.1, -0.05) is 31.3 Å². The minimum atomic E-state index is 0.962. The highest BCUT2D eigenvalue weighted by molar-refractivity contribution is 8.03. The number of fused-ring (bicyclic) bond motifs is 1. The van der Waals surface area contributed by atoms with E-state index in [1.54, 1.807) is 24.1 Å². The minimum Gasteiger partial charge on any atom is -0.313 e. The molecule has 0 saturated heterocycles. The maximum absolute atomic E-state index is 4.44. The van der Waals surface area contributed by atoms with Gasteiger partial charge in [-0.2, -0.15) is 0 Å². The van der Waals surface area contributed by atoms with Crippen LogP contribution >= 0.6 is 11.8 Å². The summed E-state index contributed by atoms with van der Waals surface area (Å²) in [6, 6.07) is 4.05. The number of aliphatic imine (C=N–C) groups is 1. The number of hydrogen-bond acceptors (Lipinski definition) is 4. The number of thioether (sulfide) groups is 1. The van der Waals surface area contributed by atoms with Crippen LogP contribution in [0.4, 0.5) is 5.82 Å². The first-order valence-corrected chi connectivity index (χ1v) is 6.34. The lowest BCUT2D eigenvalue weighted by molar-refractivity contribution is 0.956. The third-order valence-corrected chi connectivity index (χ3v) is 3.75. The first kappa shape index (κ1) is 11.9. The monoisotopic (exact) mass is 245 g/mol. The second-order valence-corrected chi connectivity index (χ2v) is 4.74. The molecule has 0 unspecified atom stereocenters. The zero-order valence-electron chi connectivity index (χ0n) is 10.1. The molecular weight excluding hydrogens is 230 g/mol. The Kier molecular flexibility index (Phi) is 3.64. The molecule has 0 spiro atoms. The van der Waals surface area contributed by atoms with Crippen molar-refractivity contribution < 1.29 is 0 Å². The SMILES string of the molecule is C=C/C=N\C1=C(CC)Sc2cccnc2N1C. The number of hydrogen-bond donors (Lipinski definition) is 0. The van der Waals surface area contributed by atoms with E-state index in [0.717, 1.165) is 18.1 Å². The standard InChI is InChI=1S/C13H15N3S/c1-4-8-14-12-10(5-2)17-11-7-6-9-15-13(11)16(12)3/h4,6-9H,1,5H2,2-3H3/b14-8-. The second-order valence-electron chi connectivity index (χ2n) is 3.60. The van der Waals surface area contributed by atoms with Crippen molar-refractivity contribution in [3.8, 4) is 0 Å². The summed E-state index contributed by atoms with van der Waals surface area (Å²) in [5.41, 5.74) is 0. The average molecular weight is 245 g/mol. The van der Waals surface area contributed by atoms with Gasteiger partial charge in [-0.15, -0.1) is 0 Å². The van der Waals surface area contributed by atoms with E-state index < -0.39 is 0 Å². The lowest BCUT2D eigenvalue weighted by Crippen LogP contribution is -2.21. The van der Waals surface area contributed by atoms with Crippen LogP contribution in [0.25, 0.3) is 0 Å². The molecule has 4 heteroatoms. The molecule has 1 aliphatic rings. The highest BCUT2D eigenvalue weighted by atomic mass is 32.2. The third kappa shape index (κ3) is 2.26. The smallest absolute Gasteiger partial charge is 0.147 e. The molecular formula is C13H15N3S. The second kappa shape index (κ2) is 5.19. The molecule has 0 fully saturated rings. The van der Waals surface area contributed by atoms with E-state index in [2.05, 4.69) is 29.5 Å². The largest absolute Gasteiger partial charge is 0.313 e. The Morgan fingerprint density at radius 2 is 2.41 bits per heavy atom. The van der Waals surface area contributed by atoms with Gasteiger partial charge in [0.25, 0.3) is 0 Å². The van der Waals surface area contributed by atoms with E-state index in [9.17, 15) is 0 Å². The Morgan fingerprint density at radius 1 is 1.59 bits per heavy atom. The van der Waals surface area contributed by atoms with Crippen LogP contribution in [0.2, 0.25) is 0 Å². The van der Waals surface area contributed by atoms with Crippen LogP contribution < -0.4 is 4.90 Å². The molecule has 0 atom stereocenters. The summed E-state index contributed by atoms with van der Waals surface area (Å²) in [5, 5.41) is 0. The first-order chi connectivity index (χ1) is 8.27. The number of allylic oxidation sites excluding steroid dienone is 2. The number of anilines is 1. The van der Waals surface area contributed by atoms with Crippen molar-refractivity contribution in [2.75, 3.05) is 11.9 Å². The summed E-state index contributed by atoms with van der Waals surface area (Å²) in [4.78, 5) is 13.3. The van der Waals surface area contributed by atoms with Gasteiger partial charge in [0.05, 0.1) is 4.90 Å². The van der Waals surface area contributed by atoms with E-state index in [4.69, 9.17) is 0 Å². The van der Waals surface area contributed by atoms with Gasteiger partial charge in [0.1, 0.15) is 11.6 Å². The first-order valence-electron chi connectivity index (χ1n) is 5.52. The van der Waals surface area contributed by atoms with Gasteiger partial charge in [0, 0.05) is 24.4 Å². The Hall–Kier alpha value is -1.55. The van der Waals surface area contributed by atoms with Gasteiger partial charge in [-0.25, -0.2) is 9.98 Å². The van der Waals surface area contributed by atoms with Crippen molar-refractivity contribution in [1.29, 1.82) is 0 Å². The van der Waals surface area contributed by atoms with Crippen LogP contribution in [0.1, 0.15) is 13.3 Å². The maximum Gasteiger partial charge on any atom is 0.147 e. The quantitative estimate of drug-likeness (QED) is 0.763. The maximum atomic E-state index is 4.44. The van der Waals surface area contributed by atoms with Crippen molar-refractivity contribution in [3.05, 3.63) is 41.7 Å². The summed E-state index contributed by atoms with van der Waals surface area (Å²) in [7, 11) is 2.00. The summed E-state index contributed by atoms with van der Waals surface area (Å²) in [5.74, 6) is 1.93. The highest BCUT2D eigenvalue weighted by Crippen LogP contribution is 2.42. The van der Waals surface area contributed by atoms with E-state index in [1.165, 1.54) is 9.80 Å². The lowest BCUT2D eigenvalue weighted by Gasteiger charge is -2.27. The van der Waals surface area contributed by atoms with Crippen LogP contribution in [0.3, 0.4) is 0 Å². The molecule has 0 aromatic carbocycles. The molecule has 0 bridgehead atoms. The Morgan fingerprint density at radius 3 is 3.12 bits per heavy atom. The zero-order valence-corrected chi connectivity index (χ0v) is 10.9. The molecule has 1 aromatic heterocycles. The molecule has 0 N–H and O–H groups in total.